The minimum Gasteiger partial charge on any atom is -0.335 e. The lowest BCUT2D eigenvalue weighted by molar-refractivity contribution is 0.231. The van der Waals surface area contributed by atoms with Gasteiger partial charge in [0.25, 0.3) is 10.0 Å². The zero-order chi connectivity index (χ0) is 17.6. The molecule has 1 aromatic rings. The van der Waals surface area contributed by atoms with Crippen molar-refractivity contribution in [2.75, 3.05) is 0 Å². The summed E-state index contributed by atoms with van der Waals surface area (Å²) in [6, 6.07) is 4.61. The van der Waals surface area contributed by atoms with E-state index in [1.165, 1.54) is 24.3 Å². The van der Waals surface area contributed by atoms with Crippen LogP contribution in [0.15, 0.2) is 34.3 Å². The molecule has 2 rings (SSSR count). The van der Waals surface area contributed by atoms with Gasteiger partial charge in [-0.15, -0.1) is 0 Å². The number of amides is 2. The van der Waals surface area contributed by atoms with Crippen molar-refractivity contribution in [1.29, 1.82) is 0 Å². The number of nitrogens with one attached hydrogen (secondary N) is 2. The van der Waals surface area contributed by atoms with Crippen LogP contribution in [0.1, 0.15) is 39.0 Å². The SMILES string of the molecule is CCC1CCC(NC(=O)NS(=O)(=O)c2ccc(N=[N+]=[N-])cc2)CC1. The van der Waals surface area contributed by atoms with Crippen LogP contribution in [0.2, 0.25) is 0 Å². The van der Waals surface area contributed by atoms with E-state index in [1.54, 1.807) is 0 Å². The van der Waals surface area contributed by atoms with Crippen molar-refractivity contribution < 1.29 is 13.2 Å². The quantitative estimate of drug-likeness (QED) is 0.478. The molecule has 0 saturated heterocycles. The first-order chi connectivity index (χ1) is 11.4. The second kappa shape index (κ2) is 8.03. The Labute approximate surface area is 141 Å². The second-order valence-electron chi connectivity index (χ2n) is 5.89. The van der Waals surface area contributed by atoms with E-state index in [2.05, 4.69) is 22.3 Å². The Bertz CT molecular complexity index is 718. The molecule has 8 nitrogen and oxygen atoms in total. The van der Waals surface area contributed by atoms with E-state index in [-0.39, 0.29) is 10.9 Å². The van der Waals surface area contributed by atoms with E-state index in [9.17, 15) is 13.2 Å². The topological polar surface area (TPSA) is 124 Å². The molecule has 2 amide bonds. The van der Waals surface area contributed by atoms with Gasteiger partial charge < -0.3 is 5.32 Å². The molecule has 1 saturated carbocycles. The van der Waals surface area contributed by atoms with Gasteiger partial charge in [-0.05, 0) is 49.3 Å². The summed E-state index contributed by atoms with van der Waals surface area (Å²) in [5, 5.41) is 6.09. The van der Waals surface area contributed by atoms with E-state index < -0.39 is 16.1 Å². The Hall–Kier alpha value is -2.25. The number of hydrogen-bond acceptors (Lipinski definition) is 4. The predicted molar refractivity (Wildman–Crippen MR) is 90.1 cm³/mol. The van der Waals surface area contributed by atoms with Gasteiger partial charge in [-0.3, -0.25) is 0 Å². The highest BCUT2D eigenvalue weighted by Crippen LogP contribution is 2.26. The third-order valence-corrected chi connectivity index (χ3v) is 5.64. The average Bonchev–Trinajstić information content (AvgIpc) is 2.56. The van der Waals surface area contributed by atoms with E-state index in [1.807, 2.05) is 4.72 Å². The summed E-state index contributed by atoms with van der Waals surface area (Å²) >= 11 is 0. The standard InChI is InChI=1S/C15H21N5O3S/c1-2-11-3-5-12(6-4-11)17-15(21)19-24(22,23)14-9-7-13(8-10-14)18-20-16/h7-12H,2-6H2,1H3,(H2,17,19,21). The molecule has 24 heavy (non-hydrogen) atoms. The van der Waals surface area contributed by atoms with Crippen molar-refractivity contribution in [3.63, 3.8) is 0 Å². The molecular formula is C15H21N5O3S. The van der Waals surface area contributed by atoms with Crippen LogP contribution in [-0.2, 0) is 10.0 Å². The van der Waals surface area contributed by atoms with Crippen molar-refractivity contribution >= 4 is 21.7 Å². The molecule has 130 valence electrons. The Balaban J connectivity index is 1.93. The number of sulfonamides is 1. The molecule has 0 unspecified atom stereocenters. The minimum absolute atomic E-state index is 0.00958. The van der Waals surface area contributed by atoms with E-state index in [0.29, 0.717) is 11.6 Å². The number of nitrogens with zero attached hydrogens (tertiary/aromatic N) is 3. The van der Waals surface area contributed by atoms with E-state index in [4.69, 9.17) is 5.53 Å². The zero-order valence-electron chi connectivity index (χ0n) is 13.5. The van der Waals surface area contributed by atoms with Crippen LogP contribution in [0.25, 0.3) is 10.4 Å². The third kappa shape index (κ3) is 4.87. The second-order valence-corrected chi connectivity index (χ2v) is 7.57. The summed E-state index contributed by atoms with van der Waals surface area (Å²) in [6.07, 6.45) is 4.98. The Morgan fingerprint density at radius 3 is 2.42 bits per heavy atom. The van der Waals surface area contributed by atoms with Crippen molar-refractivity contribution in [2.24, 2.45) is 11.0 Å². The van der Waals surface area contributed by atoms with Crippen molar-refractivity contribution in [3.05, 3.63) is 34.7 Å². The first-order valence-electron chi connectivity index (χ1n) is 7.93. The Morgan fingerprint density at radius 2 is 1.88 bits per heavy atom. The maximum atomic E-state index is 12.2. The molecule has 0 radical (unpaired) electrons. The third-order valence-electron chi connectivity index (χ3n) is 4.29. The lowest BCUT2D eigenvalue weighted by Gasteiger charge is -2.28. The first kappa shape index (κ1) is 18.1. The molecule has 0 spiro atoms. The van der Waals surface area contributed by atoms with Gasteiger partial charge in [-0.25, -0.2) is 17.9 Å². The van der Waals surface area contributed by atoms with Crippen LogP contribution in [0.5, 0.6) is 0 Å². The molecule has 1 fully saturated rings. The van der Waals surface area contributed by atoms with Crippen LogP contribution >= 0.6 is 0 Å². The van der Waals surface area contributed by atoms with Crippen LogP contribution in [0.4, 0.5) is 10.5 Å². The van der Waals surface area contributed by atoms with Crippen molar-refractivity contribution in [3.8, 4) is 0 Å². The molecule has 1 aliphatic rings. The molecule has 0 bridgehead atoms. The number of carbonyl (C=O) groups excluding carboxylic acids is 1. The number of urea groups is 1. The number of azide groups is 1. The average molecular weight is 351 g/mol. The van der Waals surface area contributed by atoms with Gasteiger partial charge in [0.15, 0.2) is 0 Å². The summed E-state index contributed by atoms with van der Waals surface area (Å²) in [4.78, 5) is 14.5. The molecule has 2 N–H and O–H groups in total. The summed E-state index contributed by atoms with van der Waals surface area (Å²) < 4.78 is 26.4. The van der Waals surface area contributed by atoms with Crippen LogP contribution in [-0.4, -0.2) is 20.5 Å². The van der Waals surface area contributed by atoms with E-state index >= 15 is 0 Å². The largest absolute Gasteiger partial charge is 0.335 e. The zero-order valence-corrected chi connectivity index (χ0v) is 14.3. The van der Waals surface area contributed by atoms with Gasteiger partial charge in [0.05, 0.1) is 4.90 Å². The predicted octanol–water partition coefficient (Wildman–Crippen LogP) is 3.59. The summed E-state index contributed by atoms with van der Waals surface area (Å²) in [6.45, 7) is 2.16. The molecular weight excluding hydrogens is 330 g/mol. The van der Waals surface area contributed by atoms with Crippen LogP contribution in [0.3, 0.4) is 0 Å². The van der Waals surface area contributed by atoms with Crippen LogP contribution in [0, 0.1) is 5.92 Å². The highest BCUT2D eigenvalue weighted by Gasteiger charge is 2.23. The lowest BCUT2D eigenvalue weighted by Crippen LogP contribution is -2.45. The van der Waals surface area contributed by atoms with Gasteiger partial charge in [-0.2, -0.15) is 0 Å². The molecule has 0 heterocycles. The fourth-order valence-electron chi connectivity index (χ4n) is 2.85. The molecule has 0 aliphatic heterocycles. The van der Waals surface area contributed by atoms with Crippen molar-refractivity contribution in [2.45, 2.75) is 50.0 Å². The fourth-order valence-corrected chi connectivity index (χ4v) is 3.77. The van der Waals surface area contributed by atoms with E-state index in [0.717, 1.165) is 32.1 Å². The number of hydrogen-bond donors (Lipinski definition) is 2. The summed E-state index contributed by atoms with van der Waals surface area (Å²) in [5.74, 6) is 0.699. The summed E-state index contributed by atoms with van der Waals surface area (Å²) in [7, 11) is -3.95. The maximum Gasteiger partial charge on any atom is 0.328 e. The van der Waals surface area contributed by atoms with Gasteiger partial charge in [-0.1, -0.05) is 30.6 Å². The molecule has 1 aliphatic carbocycles. The number of carbonyl (C=O) groups is 1. The summed E-state index contributed by atoms with van der Waals surface area (Å²) in [5.41, 5.74) is 8.63. The Morgan fingerprint density at radius 1 is 1.25 bits per heavy atom. The molecule has 0 atom stereocenters. The Kier molecular flexibility index (Phi) is 6.05. The van der Waals surface area contributed by atoms with Crippen molar-refractivity contribution in [1.82, 2.24) is 10.0 Å². The monoisotopic (exact) mass is 351 g/mol. The highest BCUT2D eigenvalue weighted by molar-refractivity contribution is 7.90. The van der Waals surface area contributed by atoms with Gasteiger partial charge in [0, 0.05) is 16.6 Å². The number of benzene rings is 1. The van der Waals surface area contributed by atoms with Crippen LogP contribution < -0.4 is 10.0 Å². The van der Waals surface area contributed by atoms with Gasteiger partial charge in [0.1, 0.15) is 0 Å². The molecule has 0 aromatic heterocycles. The molecule has 1 aromatic carbocycles. The number of rotatable bonds is 5. The first-order valence-corrected chi connectivity index (χ1v) is 9.41. The lowest BCUT2D eigenvalue weighted by atomic mass is 9.85. The van der Waals surface area contributed by atoms with Gasteiger partial charge in [0.2, 0.25) is 0 Å². The molecule has 9 heteroatoms. The fraction of sp³-hybridized carbons (Fsp3) is 0.533. The van der Waals surface area contributed by atoms with Gasteiger partial charge >= 0.3 is 6.03 Å². The minimum atomic E-state index is -3.95. The smallest absolute Gasteiger partial charge is 0.328 e. The maximum absolute atomic E-state index is 12.2. The normalized spacial score (nSPS) is 20.7. The highest BCUT2D eigenvalue weighted by atomic mass is 32.2.